The summed E-state index contributed by atoms with van der Waals surface area (Å²) < 4.78 is 24.1. The lowest BCUT2D eigenvalue weighted by molar-refractivity contribution is -0.127. The fraction of sp³-hybridized carbons (Fsp3) is 0.818. The van der Waals surface area contributed by atoms with Crippen LogP contribution in [0.1, 0.15) is 12.8 Å². The molecular formula is C11H20N4O4S. The summed E-state index contributed by atoms with van der Waals surface area (Å²) in [6.45, 7) is 1.66. The molecule has 2 fully saturated rings. The fourth-order valence-electron chi connectivity index (χ4n) is 2.52. The van der Waals surface area contributed by atoms with Gasteiger partial charge in [0.25, 0.3) is 0 Å². The average Bonchev–Trinajstić information content (AvgIpc) is 2.31. The van der Waals surface area contributed by atoms with Gasteiger partial charge in [0.2, 0.25) is 15.9 Å². The van der Waals surface area contributed by atoms with Crippen LogP contribution in [0.3, 0.4) is 0 Å². The van der Waals surface area contributed by atoms with E-state index in [2.05, 4.69) is 5.32 Å². The highest BCUT2D eigenvalue weighted by Crippen LogP contribution is 2.20. The van der Waals surface area contributed by atoms with Crippen LogP contribution in [0.15, 0.2) is 0 Å². The van der Waals surface area contributed by atoms with E-state index in [0.29, 0.717) is 39.0 Å². The highest BCUT2D eigenvalue weighted by Gasteiger charge is 2.34. The highest BCUT2D eigenvalue weighted by molar-refractivity contribution is 7.88. The molecule has 0 atom stereocenters. The number of hydrogen-bond acceptors (Lipinski definition) is 4. The molecule has 0 aromatic heterocycles. The summed E-state index contributed by atoms with van der Waals surface area (Å²) in [6.07, 6.45) is 2.25. The summed E-state index contributed by atoms with van der Waals surface area (Å²) in [5, 5.41) is 2.87. The number of likely N-dealkylation sites (tertiary alicyclic amines) is 1. The van der Waals surface area contributed by atoms with Crippen molar-refractivity contribution in [2.45, 2.75) is 18.9 Å². The number of primary amides is 1. The summed E-state index contributed by atoms with van der Waals surface area (Å²) in [4.78, 5) is 24.3. The number of hydrogen-bond donors (Lipinski definition) is 2. The maximum absolute atomic E-state index is 12.0. The molecule has 0 aromatic carbocycles. The third-order valence-electron chi connectivity index (χ3n) is 3.83. The standard InChI is InChI=1S/C11H20N4O4S/c1-20(18,19)15-4-2-8(3-5-15)10(16)13-9-6-14(7-9)11(12)17/h8-9H,2-7H2,1H3,(H2,12,17)(H,13,16). The van der Waals surface area contributed by atoms with Crippen molar-refractivity contribution in [1.82, 2.24) is 14.5 Å². The molecule has 0 radical (unpaired) electrons. The molecule has 9 heteroatoms. The molecule has 2 rings (SSSR count). The van der Waals surface area contributed by atoms with Gasteiger partial charge in [-0.1, -0.05) is 0 Å². The second kappa shape index (κ2) is 5.57. The first-order valence-corrected chi connectivity index (χ1v) is 8.42. The number of carbonyl (C=O) groups is 2. The Balaban J connectivity index is 1.75. The zero-order valence-electron chi connectivity index (χ0n) is 11.4. The maximum Gasteiger partial charge on any atom is 0.314 e. The van der Waals surface area contributed by atoms with Crippen molar-refractivity contribution in [3.8, 4) is 0 Å². The predicted octanol–water partition coefficient (Wildman–Crippen LogP) is -1.46. The molecular weight excluding hydrogens is 284 g/mol. The van der Waals surface area contributed by atoms with E-state index in [1.807, 2.05) is 0 Å². The molecule has 114 valence electrons. The Morgan fingerprint density at radius 3 is 2.20 bits per heavy atom. The van der Waals surface area contributed by atoms with E-state index >= 15 is 0 Å². The summed E-state index contributed by atoms with van der Waals surface area (Å²) in [5.41, 5.74) is 5.10. The normalized spacial score (nSPS) is 22.4. The predicted molar refractivity (Wildman–Crippen MR) is 72.2 cm³/mol. The lowest BCUT2D eigenvalue weighted by Crippen LogP contribution is -2.63. The Labute approximate surface area is 118 Å². The van der Waals surface area contributed by atoms with Crippen LogP contribution in [-0.4, -0.2) is 68.0 Å². The molecule has 0 unspecified atom stereocenters. The molecule has 2 aliphatic rings. The number of amides is 3. The van der Waals surface area contributed by atoms with Gasteiger partial charge in [-0.15, -0.1) is 0 Å². The number of piperidine rings is 1. The number of nitrogens with two attached hydrogens (primary N) is 1. The molecule has 0 spiro atoms. The van der Waals surface area contributed by atoms with Gasteiger partial charge in [0.15, 0.2) is 0 Å². The number of sulfonamides is 1. The quantitative estimate of drug-likeness (QED) is 0.663. The van der Waals surface area contributed by atoms with Gasteiger partial charge in [0, 0.05) is 32.1 Å². The smallest absolute Gasteiger partial charge is 0.314 e. The van der Waals surface area contributed by atoms with Crippen molar-refractivity contribution in [2.75, 3.05) is 32.4 Å². The SMILES string of the molecule is CS(=O)(=O)N1CCC(C(=O)NC2CN(C(N)=O)C2)CC1. The Morgan fingerprint density at radius 2 is 1.75 bits per heavy atom. The molecule has 20 heavy (non-hydrogen) atoms. The van der Waals surface area contributed by atoms with Crippen LogP contribution in [-0.2, 0) is 14.8 Å². The monoisotopic (exact) mass is 304 g/mol. The third-order valence-corrected chi connectivity index (χ3v) is 5.14. The number of nitrogens with one attached hydrogen (secondary N) is 1. The van der Waals surface area contributed by atoms with Gasteiger partial charge >= 0.3 is 6.03 Å². The van der Waals surface area contributed by atoms with Crippen LogP contribution in [0.2, 0.25) is 0 Å². The van der Waals surface area contributed by atoms with Crippen LogP contribution in [0, 0.1) is 5.92 Å². The Kier molecular flexibility index (Phi) is 4.19. The topological polar surface area (TPSA) is 113 Å². The van der Waals surface area contributed by atoms with Gasteiger partial charge in [0.1, 0.15) is 0 Å². The maximum atomic E-state index is 12.0. The van der Waals surface area contributed by atoms with E-state index < -0.39 is 16.1 Å². The van der Waals surface area contributed by atoms with E-state index in [-0.39, 0.29) is 17.9 Å². The van der Waals surface area contributed by atoms with E-state index in [9.17, 15) is 18.0 Å². The van der Waals surface area contributed by atoms with Gasteiger partial charge in [0.05, 0.1) is 12.3 Å². The first-order valence-electron chi connectivity index (χ1n) is 6.57. The van der Waals surface area contributed by atoms with E-state index in [0.717, 1.165) is 0 Å². The molecule has 8 nitrogen and oxygen atoms in total. The van der Waals surface area contributed by atoms with Crippen molar-refractivity contribution < 1.29 is 18.0 Å². The minimum Gasteiger partial charge on any atom is -0.351 e. The van der Waals surface area contributed by atoms with Crippen LogP contribution >= 0.6 is 0 Å². The van der Waals surface area contributed by atoms with Crippen LogP contribution in [0.5, 0.6) is 0 Å². The zero-order valence-corrected chi connectivity index (χ0v) is 12.2. The Hall–Kier alpha value is -1.35. The molecule has 3 amide bonds. The first kappa shape index (κ1) is 15.0. The van der Waals surface area contributed by atoms with E-state index in [4.69, 9.17) is 5.73 Å². The van der Waals surface area contributed by atoms with E-state index in [1.165, 1.54) is 15.5 Å². The fourth-order valence-corrected chi connectivity index (χ4v) is 3.39. The zero-order chi connectivity index (χ0) is 14.9. The van der Waals surface area contributed by atoms with Gasteiger partial charge < -0.3 is 16.0 Å². The second-order valence-electron chi connectivity index (χ2n) is 5.39. The van der Waals surface area contributed by atoms with E-state index in [1.54, 1.807) is 0 Å². The summed E-state index contributed by atoms with van der Waals surface area (Å²) in [5.74, 6) is -0.220. The third kappa shape index (κ3) is 3.40. The van der Waals surface area contributed by atoms with Gasteiger partial charge in [-0.25, -0.2) is 17.5 Å². The molecule has 2 saturated heterocycles. The van der Waals surface area contributed by atoms with Crippen molar-refractivity contribution >= 4 is 22.0 Å². The Morgan fingerprint density at radius 1 is 1.20 bits per heavy atom. The lowest BCUT2D eigenvalue weighted by Gasteiger charge is -2.39. The van der Waals surface area contributed by atoms with Gasteiger partial charge in [-0.05, 0) is 12.8 Å². The number of rotatable bonds is 3. The molecule has 0 bridgehead atoms. The summed E-state index contributed by atoms with van der Waals surface area (Å²) in [7, 11) is -3.16. The first-order chi connectivity index (χ1) is 9.27. The molecule has 0 aliphatic carbocycles. The van der Waals surface area contributed by atoms with Crippen molar-refractivity contribution in [3.05, 3.63) is 0 Å². The number of nitrogens with zero attached hydrogens (tertiary/aromatic N) is 2. The molecule has 2 heterocycles. The minimum atomic E-state index is -3.16. The average molecular weight is 304 g/mol. The molecule has 0 saturated carbocycles. The van der Waals surface area contributed by atoms with Crippen LogP contribution < -0.4 is 11.1 Å². The number of carbonyl (C=O) groups excluding carboxylic acids is 2. The van der Waals surface area contributed by atoms with Crippen molar-refractivity contribution in [2.24, 2.45) is 11.7 Å². The number of urea groups is 1. The minimum absolute atomic E-state index is 0.0389. The lowest BCUT2D eigenvalue weighted by atomic mass is 9.96. The van der Waals surface area contributed by atoms with Gasteiger partial charge in [-0.3, -0.25) is 4.79 Å². The molecule has 3 N–H and O–H groups in total. The van der Waals surface area contributed by atoms with Gasteiger partial charge in [-0.2, -0.15) is 0 Å². The van der Waals surface area contributed by atoms with Crippen molar-refractivity contribution in [1.29, 1.82) is 0 Å². The largest absolute Gasteiger partial charge is 0.351 e. The van der Waals surface area contributed by atoms with Crippen LogP contribution in [0.25, 0.3) is 0 Å². The highest BCUT2D eigenvalue weighted by atomic mass is 32.2. The van der Waals surface area contributed by atoms with Crippen molar-refractivity contribution in [3.63, 3.8) is 0 Å². The van der Waals surface area contributed by atoms with Crippen LogP contribution in [0.4, 0.5) is 4.79 Å². The summed E-state index contributed by atoms with van der Waals surface area (Å²) >= 11 is 0. The molecule has 2 aliphatic heterocycles. The Bertz CT molecular complexity index is 493. The molecule has 0 aromatic rings. The second-order valence-corrected chi connectivity index (χ2v) is 7.37. The summed E-state index contributed by atoms with van der Waals surface area (Å²) in [6, 6.07) is -0.514.